The average molecular weight is 220 g/mol. The lowest BCUT2D eigenvalue weighted by Gasteiger charge is -2.29. The second kappa shape index (κ2) is 3.84. The number of piperazine rings is 1. The van der Waals surface area contributed by atoms with Gasteiger partial charge in [0.2, 0.25) is 11.8 Å². The smallest absolute Gasteiger partial charge is 0.250 e. The van der Waals surface area contributed by atoms with E-state index in [2.05, 4.69) is 5.32 Å². The van der Waals surface area contributed by atoms with Crippen LogP contribution in [0.25, 0.3) is 0 Å². The molecule has 0 saturated carbocycles. The molecule has 0 radical (unpaired) electrons. The molecule has 0 bridgehead atoms. The zero-order valence-electron chi connectivity index (χ0n) is 8.80. The number of carbonyl (C=O) groups is 2. The SMILES string of the molecule is CN1CC(=O)N[C@@H](c2ccc(O)cc2)C1=O. The minimum absolute atomic E-state index is 0.0907. The van der Waals surface area contributed by atoms with Crippen molar-refractivity contribution in [3.05, 3.63) is 29.8 Å². The molecule has 0 aromatic heterocycles. The minimum Gasteiger partial charge on any atom is -0.508 e. The van der Waals surface area contributed by atoms with E-state index < -0.39 is 6.04 Å². The van der Waals surface area contributed by atoms with Gasteiger partial charge in [0, 0.05) is 7.05 Å². The van der Waals surface area contributed by atoms with Crippen LogP contribution in [0.3, 0.4) is 0 Å². The molecule has 1 aromatic carbocycles. The highest BCUT2D eigenvalue weighted by molar-refractivity contribution is 5.95. The van der Waals surface area contributed by atoms with Gasteiger partial charge in [0.15, 0.2) is 0 Å². The van der Waals surface area contributed by atoms with Gasteiger partial charge in [-0.15, -0.1) is 0 Å². The van der Waals surface area contributed by atoms with E-state index in [0.717, 1.165) is 0 Å². The zero-order valence-corrected chi connectivity index (χ0v) is 8.80. The third-order valence-electron chi connectivity index (χ3n) is 2.54. The molecular weight excluding hydrogens is 208 g/mol. The van der Waals surface area contributed by atoms with Crippen molar-refractivity contribution in [1.29, 1.82) is 0 Å². The molecule has 0 spiro atoms. The molecule has 1 fully saturated rings. The number of benzene rings is 1. The van der Waals surface area contributed by atoms with Crippen molar-refractivity contribution in [2.45, 2.75) is 6.04 Å². The monoisotopic (exact) mass is 220 g/mol. The molecule has 0 aliphatic carbocycles. The molecule has 84 valence electrons. The lowest BCUT2D eigenvalue weighted by atomic mass is 10.0. The van der Waals surface area contributed by atoms with E-state index in [4.69, 9.17) is 5.11 Å². The van der Waals surface area contributed by atoms with Crippen molar-refractivity contribution in [2.24, 2.45) is 0 Å². The van der Waals surface area contributed by atoms with Gasteiger partial charge in [0.1, 0.15) is 11.8 Å². The molecule has 5 nitrogen and oxygen atoms in total. The normalized spacial score (nSPS) is 20.8. The van der Waals surface area contributed by atoms with Gasteiger partial charge in [0.05, 0.1) is 6.54 Å². The fourth-order valence-electron chi connectivity index (χ4n) is 1.67. The van der Waals surface area contributed by atoms with Crippen LogP contribution < -0.4 is 5.32 Å². The topological polar surface area (TPSA) is 69.6 Å². The molecular formula is C11H12N2O3. The summed E-state index contributed by atoms with van der Waals surface area (Å²) in [6, 6.07) is 5.58. The fraction of sp³-hybridized carbons (Fsp3) is 0.273. The summed E-state index contributed by atoms with van der Waals surface area (Å²) in [5.74, 6) is -0.197. The number of nitrogens with zero attached hydrogens (tertiary/aromatic N) is 1. The number of nitrogens with one attached hydrogen (secondary N) is 1. The van der Waals surface area contributed by atoms with Gasteiger partial charge in [-0.2, -0.15) is 0 Å². The number of likely N-dealkylation sites (N-methyl/N-ethyl adjacent to an activating group) is 1. The van der Waals surface area contributed by atoms with E-state index >= 15 is 0 Å². The van der Waals surface area contributed by atoms with Gasteiger partial charge in [0.25, 0.3) is 0 Å². The second-order valence-electron chi connectivity index (χ2n) is 3.79. The molecule has 1 atom stereocenters. The molecule has 16 heavy (non-hydrogen) atoms. The van der Waals surface area contributed by atoms with E-state index in [1.54, 1.807) is 19.2 Å². The number of carbonyl (C=O) groups excluding carboxylic acids is 2. The number of hydrogen-bond acceptors (Lipinski definition) is 3. The first kappa shape index (κ1) is 10.5. The van der Waals surface area contributed by atoms with Crippen LogP contribution in [0.4, 0.5) is 0 Å². The first-order valence-corrected chi connectivity index (χ1v) is 4.91. The zero-order chi connectivity index (χ0) is 11.7. The summed E-state index contributed by atoms with van der Waals surface area (Å²) in [4.78, 5) is 24.5. The Morgan fingerprint density at radius 3 is 2.56 bits per heavy atom. The third-order valence-corrected chi connectivity index (χ3v) is 2.54. The summed E-state index contributed by atoms with van der Waals surface area (Å²) in [6.45, 7) is 0.0907. The van der Waals surface area contributed by atoms with Crippen LogP contribution in [0, 0.1) is 0 Å². The van der Waals surface area contributed by atoms with E-state index in [0.29, 0.717) is 5.56 Å². The van der Waals surface area contributed by atoms with Crippen LogP contribution in [0.15, 0.2) is 24.3 Å². The van der Waals surface area contributed by atoms with Crippen molar-refractivity contribution in [1.82, 2.24) is 10.2 Å². The summed E-state index contributed by atoms with van der Waals surface area (Å²) >= 11 is 0. The van der Waals surface area contributed by atoms with Crippen LogP contribution >= 0.6 is 0 Å². The molecule has 2 rings (SSSR count). The van der Waals surface area contributed by atoms with Crippen molar-refractivity contribution < 1.29 is 14.7 Å². The van der Waals surface area contributed by atoms with Crippen LogP contribution in [0.2, 0.25) is 0 Å². The summed E-state index contributed by atoms with van der Waals surface area (Å²) in [7, 11) is 1.59. The standard InChI is InChI=1S/C11H12N2O3/c1-13-6-9(15)12-10(11(13)16)7-2-4-8(14)5-3-7/h2-5,10,14H,6H2,1H3,(H,12,15)/t10-/m0/s1. The maximum atomic E-state index is 11.8. The van der Waals surface area contributed by atoms with Crippen LogP contribution in [-0.2, 0) is 9.59 Å². The Bertz CT molecular complexity index is 427. The molecule has 1 saturated heterocycles. The van der Waals surface area contributed by atoms with Crippen molar-refractivity contribution in [3.63, 3.8) is 0 Å². The highest BCUT2D eigenvalue weighted by Crippen LogP contribution is 2.20. The largest absolute Gasteiger partial charge is 0.508 e. The van der Waals surface area contributed by atoms with E-state index in [9.17, 15) is 9.59 Å². The third kappa shape index (κ3) is 1.84. The first-order chi connectivity index (χ1) is 7.58. The fourth-order valence-corrected chi connectivity index (χ4v) is 1.67. The predicted molar refractivity (Wildman–Crippen MR) is 56.6 cm³/mol. The van der Waals surface area contributed by atoms with Gasteiger partial charge >= 0.3 is 0 Å². The minimum atomic E-state index is -0.646. The highest BCUT2D eigenvalue weighted by atomic mass is 16.3. The number of phenols is 1. The summed E-state index contributed by atoms with van der Waals surface area (Å²) in [5.41, 5.74) is 0.669. The van der Waals surface area contributed by atoms with Crippen molar-refractivity contribution in [2.75, 3.05) is 13.6 Å². The number of phenolic OH excluding ortho intramolecular Hbond substituents is 1. The van der Waals surface area contributed by atoms with Crippen molar-refractivity contribution >= 4 is 11.8 Å². The summed E-state index contributed by atoms with van der Waals surface area (Å²) in [6.07, 6.45) is 0. The lowest BCUT2D eigenvalue weighted by Crippen LogP contribution is -2.51. The number of hydrogen-bond donors (Lipinski definition) is 2. The van der Waals surface area contributed by atoms with Crippen LogP contribution in [-0.4, -0.2) is 35.4 Å². The van der Waals surface area contributed by atoms with E-state index in [1.165, 1.54) is 17.0 Å². The number of rotatable bonds is 1. The second-order valence-corrected chi connectivity index (χ2v) is 3.79. The first-order valence-electron chi connectivity index (χ1n) is 4.91. The Hall–Kier alpha value is -2.04. The van der Waals surface area contributed by atoms with Crippen LogP contribution in [0.1, 0.15) is 11.6 Å². The molecule has 1 aliphatic heterocycles. The molecule has 1 heterocycles. The predicted octanol–water partition coefficient (Wildman–Crippen LogP) is 0.0215. The maximum absolute atomic E-state index is 11.8. The van der Waals surface area contributed by atoms with E-state index in [-0.39, 0.29) is 24.1 Å². The van der Waals surface area contributed by atoms with Gasteiger partial charge < -0.3 is 15.3 Å². The van der Waals surface area contributed by atoms with Gasteiger partial charge in [-0.25, -0.2) is 0 Å². The number of aromatic hydroxyl groups is 1. The Balaban J connectivity index is 2.28. The van der Waals surface area contributed by atoms with Gasteiger partial charge in [-0.3, -0.25) is 9.59 Å². The van der Waals surface area contributed by atoms with Crippen molar-refractivity contribution in [3.8, 4) is 5.75 Å². The highest BCUT2D eigenvalue weighted by Gasteiger charge is 2.31. The average Bonchev–Trinajstić information content (AvgIpc) is 2.25. The molecule has 2 N–H and O–H groups in total. The molecule has 1 aliphatic rings. The Morgan fingerprint density at radius 1 is 1.31 bits per heavy atom. The maximum Gasteiger partial charge on any atom is 0.250 e. The van der Waals surface area contributed by atoms with E-state index in [1.807, 2.05) is 0 Å². The Kier molecular flexibility index (Phi) is 2.52. The Labute approximate surface area is 92.7 Å². The molecule has 0 unspecified atom stereocenters. The molecule has 5 heteroatoms. The summed E-state index contributed by atoms with van der Waals surface area (Å²) in [5, 5.41) is 11.8. The van der Waals surface area contributed by atoms with Gasteiger partial charge in [-0.1, -0.05) is 12.1 Å². The van der Waals surface area contributed by atoms with Gasteiger partial charge in [-0.05, 0) is 17.7 Å². The molecule has 1 aromatic rings. The lowest BCUT2D eigenvalue weighted by molar-refractivity contribution is -0.143. The molecule has 2 amide bonds. The van der Waals surface area contributed by atoms with Crippen LogP contribution in [0.5, 0.6) is 5.75 Å². The quantitative estimate of drug-likeness (QED) is 0.701. The summed E-state index contributed by atoms with van der Waals surface area (Å²) < 4.78 is 0. The Morgan fingerprint density at radius 2 is 1.94 bits per heavy atom. The number of amides is 2.